The van der Waals surface area contributed by atoms with E-state index in [4.69, 9.17) is 0 Å². The molecule has 0 amide bonds. The van der Waals surface area contributed by atoms with Gasteiger partial charge in [0.25, 0.3) is 0 Å². The second-order valence-electron chi connectivity index (χ2n) is 12.4. The number of benzene rings is 4. The Balaban J connectivity index is 1.24. The molecule has 0 atom stereocenters. The molecule has 250 valence electrons. The molecule has 0 unspecified atom stereocenters. The van der Waals surface area contributed by atoms with Crippen LogP contribution in [0.1, 0.15) is 88.2 Å². The molecule has 1 fully saturated rings. The molecule has 0 heterocycles. The molecule has 1 saturated carbocycles. The van der Waals surface area contributed by atoms with Gasteiger partial charge in [-0.25, -0.2) is 26.3 Å². The summed E-state index contributed by atoms with van der Waals surface area (Å²) in [5.41, 5.74) is -0.838. The fourth-order valence-electron chi connectivity index (χ4n) is 6.49. The first-order valence-electron chi connectivity index (χ1n) is 16.1. The van der Waals surface area contributed by atoms with Crippen LogP contribution in [0.5, 0.6) is 5.75 Å². The fraction of sp³-hybridized carbons (Fsp3) is 0.368. The normalized spacial score (nSPS) is 16.8. The summed E-state index contributed by atoms with van der Waals surface area (Å²) in [6.07, 6.45) is 7.67. The highest BCUT2D eigenvalue weighted by Gasteiger charge is 2.41. The van der Waals surface area contributed by atoms with Crippen molar-refractivity contribution in [2.45, 2.75) is 83.2 Å². The van der Waals surface area contributed by atoms with Crippen molar-refractivity contribution < 1.29 is 39.9 Å². The fourth-order valence-corrected chi connectivity index (χ4v) is 6.49. The van der Waals surface area contributed by atoms with Crippen LogP contribution in [0.2, 0.25) is 0 Å². The van der Waals surface area contributed by atoms with E-state index < -0.39 is 63.5 Å². The Morgan fingerprint density at radius 2 is 1.21 bits per heavy atom. The smallest absolute Gasteiger partial charge is 0.429 e. The molecule has 0 saturated heterocycles. The molecule has 9 heteroatoms. The third-order valence-electron chi connectivity index (χ3n) is 9.09. The Hall–Kier alpha value is -3.88. The molecular formula is C38H36F8O. The standard InChI is InChI=1S/C38H36F8O/c1-2-3-4-5-6-7-23-8-10-24(11-9-23)25-12-14-26(15-13-25)27-18-32(40)36(33(41)19-27)38(45,46)47-29-16-17-30(31(39)22-29)28-20-34(42)37(44)35(43)21-28/h12-24H,2-11H2,1H3. The Morgan fingerprint density at radius 3 is 1.81 bits per heavy atom. The third-order valence-corrected chi connectivity index (χ3v) is 9.09. The average molecular weight is 661 g/mol. The van der Waals surface area contributed by atoms with E-state index in [-0.39, 0.29) is 5.56 Å². The van der Waals surface area contributed by atoms with E-state index in [9.17, 15) is 17.6 Å². The van der Waals surface area contributed by atoms with Crippen LogP contribution in [-0.4, -0.2) is 0 Å². The average Bonchev–Trinajstić information content (AvgIpc) is 3.03. The molecule has 0 aromatic heterocycles. The van der Waals surface area contributed by atoms with Gasteiger partial charge in [0.15, 0.2) is 17.5 Å². The van der Waals surface area contributed by atoms with E-state index in [1.165, 1.54) is 51.4 Å². The number of hydrogen-bond donors (Lipinski definition) is 0. The third kappa shape index (κ3) is 8.17. The monoisotopic (exact) mass is 660 g/mol. The van der Waals surface area contributed by atoms with Crippen LogP contribution in [0, 0.1) is 40.8 Å². The summed E-state index contributed by atoms with van der Waals surface area (Å²) in [5.74, 6) is -8.90. The van der Waals surface area contributed by atoms with Crippen molar-refractivity contribution in [1.29, 1.82) is 0 Å². The van der Waals surface area contributed by atoms with Crippen LogP contribution in [0.3, 0.4) is 0 Å². The van der Waals surface area contributed by atoms with Gasteiger partial charge in [0.1, 0.15) is 28.8 Å². The minimum atomic E-state index is -4.55. The summed E-state index contributed by atoms with van der Waals surface area (Å²) in [6, 6.07) is 12.1. The summed E-state index contributed by atoms with van der Waals surface area (Å²) in [5, 5.41) is 0. The van der Waals surface area contributed by atoms with E-state index >= 15 is 17.6 Å². The van der Waals surface area contributed by atoms with Gasteiger partial charge in [-0.2, -0.15) is 8.78 Å². The summed E-state index contributed by atoms with van der Waals surface area (Å²) in [4.78, 5) is 0. The summed E-state index contributed by atoms with van der Waals surface area (Å²) < 4.78 is 120. The lowest BCUT2D eigenvalue weighted by Crippen LogP contribution is -2.25. The lowest BCUT2D eigenvalue weighted by molar-refractivity contribution is -0.189. The van der Waals surface area contributed by atoms with Gasteiger partial charge in [0.2, 0.25) is 0 Å². The minimum absolute atomic E-state index is 0.0621. The van der Waals surface area contributed by atoms with Crippen LogP contribution < -0.4 is 4.74 Å². The number of rotatable bonds is 12. The Morgan fingerprint density at radius 1 is 0.617 bits per heavy atom. The maximum absolute atomic E-state index is 15.0. The number of unbranched alkanes of at least 4 members (excludes halogenated alkanes) is 4. The van der Waals surface area contributed by atoms with E-state index in [0.29, 0.717) is 29.7 Å². The lowest BCUT2D eigenvalue weighted by atomic mass is 9.77. The molecule has 0 spiro atoms. The molecule has 0 bridgehead atoms. The van der Waals surface area contributed by atoms with Gasteiger partial charge in [-0.3, -0.25) is 0 Å². The zero-order valence-electron chi connectivity index (χ0n) is 26.0. The van der Waals surface area contributed by atoms with Crippen LogP contribution in [0.15, 0.2) is 66.7 Å². The van der Waals surface area contributed by atoms with Crippen LogP contribution in [-0.2, 0) is 6.11 Å². The first-order valence-corrected chi connectivity index (χ1v) is 16.1. The van der Waals surface area contributed by atoms with E-state index in [0.717, 1.165) is 48.6 Å². The zero-order chi connectivity index (χ0) is 33.7. The number of hydrogen-bond acceptors (Lipinski definition) is 1. The molecule has 0 aliphatic heterocycles. The number of alkyl halides is 2. The van der Waals surface area contributed by atoms with Crippen LogP contribution in [0.4, 0.5) is 35.1 Å². The topological polar surface area (TPSA) is 9.23 Å². The summed E-state index contributed by atoms with van der Waals surface area (Å²) in [7, 11) is 0. The van der Waals surface area contributed by atoms with Crippen LogP contribution in [0.25, 0.3) is 22.3 Å². The van der Waals surface area contributed by atoms with Crippen LogP contribution >= 0.6 is 0 Å². The van der Waals surface area contributed by atoms with E-state index in [1.807, 2.05) is 12.1 Å². The van der Waals surface area contributed by atoms with Gasteiger partial charge >= 0.3 is 6.11 Å². The molecular weight excluding hydrogens is 624 g/mol. The molecule has 0 radical (unpaired) electrons. The SMILES string of the molecule is CCCCCCCC1CCC(c2ccc(-c3cc(F)c(C(F)(F)Oc4ccc(-c5cc(F)c(F)c(F)c5)c(F)c4)c(F)c3)cc2)CC1. The molecule has 5 rings (SSSR count). The van der Waals surface area contributed by atoms with Gasteiger partial charge in [-0.15, -0.1) is 0 Å². The van der Waals surface area contributed by atoms with Crippen molar-refractivity contribution in [2.24, 2.45) is 5.92 Å². The van der Waals surface area contributed by atoms with Crippen molar-refractivity contribution in [3.8, 4) is 28.0 Å². The van der Waals surface area contributed by atoms with Gasteiger partial charge in [-0.1, -0.05) is 69.7 Å². The minimum Gasteiger partial charge on any atom is -0.429 e. The Bertz CT molecular complexity index is 1630. The number of halogens is 8. The molecule has 0 N–H and O–H groups in total. The summed E-state index contributed by atoms with van der Waals surface area (Å²) in [6.45, 7) is 2.21. The number of ether oxygens (including phenoxy) is 1. The maximum Gasteiger partial charge on any atom is 0.432 e. The lowest BCUT2D eigenvalue weighted by Gasteiger charge is -2.29. The predicted molar refractivity (Wildman–Crippen MR) is 166 cm³/mol. The van der Waals surface area contributed by atoms with Crippen molar-refractivity contribution in [3.63, 3.8) is 0 Å². The molecule has 4 aromatic carbocycles. The highest BCUT2D eigenvalue weighted by Crippen LogP contribution is 2.40. The highest BCUT2D eigenvalue weighted by molar-refractivity contribution is 5.66. The van der Waals surface area contributed by atoms with Crippen molar-refractivity contribution in [1.82, 2.24) is 0 Å². The Labute approximate surface area is 269 Å². The van der Waals surface area contributed by atoms with Crippen molar-refractivity contribution in [3.05, 3.63) is 113 Å². The largest absolute Gasteiger partial charge is 0.432 e. The van der Waals surface area contributed by atoms with Gasteiger partial charge in [-0.05, 0) is 96.2 Å². The van der Waals surface area contributed by atoms with E-state index in [1.54, 1.807) is 12.1 Å². The van der Waals surface area contributed by atoms with Crippen molar-refractivity contribution in [2.75, 3.05) is 0 Å². The highest BCUT2D eigenvalue weighted by atomic mass is 19.3. The van der Waals surface area contributed by atoms with Gasteiger partial charge in [0, 0.05) is 11.6 Å². The summed E-state index contributed by atoms with van der Waals surface area (Å²) >= 11 is 0. The quantitative estimate of drug-likeness (QED) is 0.0835. The zero-order valence-corrected chi connectivity index (χ0v) is 26.0. The molecule has 1 nitrogen and oxygen atoms in total. The second kappa shape index (κ2) is 14.9. The van der Waals surface area contributed by atoms with E-state index in [2.05, 4.69) is 11.7 Å². The molecule has 1 aliphatic rings. The first kappa shape index (κ1) is 34.5. The molecule has 1 aliphatic carbocycles. The predicted octanol–water partition coefficient (Wildman–Crippen LogP) is 12.6. The maximum atomic E-state index is 15.0. The first-order chi connectivity index (χ1) is 22.5. The second-order valence-corrected chi connectivity index (χ2v) is 12.4. The van der Waals surface area contributed by atoms with Gasteiger partial charge < -0.3 is 4.74 Å². The van der Waals surface area contributed by atoms with Crippen molar-refractivity contribution >= 4 is 0 Å². The molecule has 4 aromatic rings. The molecule has 47 heavy (non-hydrogen) atoms. The Kier molecular flexibility index (Phi) is 10.9. The van der Waals surface area contributed by atoms with Gasteiger partial charge in [0.05, 0.1) is 0 Å².